The van der Waals surface area contributed by atoms with Crippen molar-refractivity contribution < 1.29 is 8.42 Å². The van der Waals surface area contributed by atoms with Gasteiger partial charge in [-0.2, -0.15) is 4.31 Å². The number of halogens is 2. The molecule has 96 valence electrons. The number of benzene rings is 1. The lowest BCUT2D eigenvalue weighted by molar-refractivity contribution is 0.296. The highest BCUT2D eigenvalue weighted by Crippen LogP contribution is 2.28. The summed E-state index contributed by atoms with van der Waals surface area (Å²) in [6.45, 7) is 3.57. The minimum Gasteiger partial charge on any atom is -0.207 e. The van der Waals surface area contributed by atoms with Gasteiger partial charge in [0.2, 0.25) is 10.0 Å². The van der Waals surface area contributed by atoms with Crippen LogP contribution in [0.15, 0.2) is 33.6 Å². The lowest BCUT2D eigenvalue weighted by Crippen LogP contribution is -2.46. The van der Waals surface area contributed by atoms with Crippen LogP contribution in [-0.4, -0.2) is 31.2 Å². The van der Waals surface area contributed by atoms with Gasteiger partial charge in [0.1, 0.15) is 0 Å². The molecule has 0 radical (unpaired) electrons. The second-order valence-corrected chi connectivity index (χ2v) is 7.41. The maximum absolute atomic E-state index is 12.4. The Morgan fingerprint density at radius 2 is 1.88 bits per heavy atom. The topological polar surface area (TPSA) is 37.4 Å². The third-order valence-electron chi connectivity index (χ3n) is 2.65. The van der Waals surface area contributed by atoms with Gasteiger partial charge >= 0.3 is 0 Å². The summed E-state index contributed by atoms with van der Waals surface area (Å²) in [6, 6.07) is 6.74. The largest absolute Gasteiger partial charge is 0.244 e. The van der Waals surface area contributed by atoms with Crippen LogP contribution in [0.25, 0.3) is 0 Å². The summed E-state index contributed by atoms with van der Waals surface area (Å²) < 4.78 is 26.6. The van der Waals surface area contributed by atoms with Crippen LogP contribution in [0, 0.1) is 0 Å². The molecule has 0 unspecified atom stereocenters. The van der Waals surface area contributed by atoms with E-state index in [0.29, 0.717) is 4.47 Å². The molecular formula is C11H15BrClNO2S. The molecule has 0 aliphatic rings. The summed E-state index contributed by atoms with van der Waals surface area (Å²) >= 11 is 9.05. The summed E-state index contributed by atoms with van der Waals surface area (Å²) in [6.07, 6.45) is 0. The van der Waals surface area contributed by atoms with E-state index in [1.807, 2.05) is 0 Å². The fraction of sp³-hybridized carbons (Fsp3) is 0.455. The second kappa shape index (κ2) is 5.26. The lowest BCUT2D eigenvalue weighted by atomic mass is 10.1. The molecule has 0 spiro atoms. The van der Waals surface area contributed by atoms with Gasteiger partial charge in [-0.3, -0.25) is 0 Å². The molecule has 0 bridgehead atoms. The summed E-state index contributed by atoms with van der Waals surface area (Å²) in [7, 11) is -2.00. The third kappa shape index (κ3) is 3.02. The summed E-state index contributed by atoms with van der Waals surface area (Å²) in [5.41, 5.74) is -0.629. The standard InChI is InChI=1S/C11H15BrClNO2S/c1-11(2,8-13)14(3)17(15,16)10-7-5-4-6-9(10)12/h4-7H,8H2,1-3H3. The molecule has 0 aliphatic heterocycles. The zero-order chi connectivity index (χ0) is 13.3. The molecule has 0 fully saturated rings. The quantitative estimate of drug-likeness (QED) is 0.790. The van der Waals surface area contributed by atoms with E-state index >= 15 is 0 Å². The Kier molecular flexibility index (Phi) is 4.63. The van der Waals surface area contributed by atoms with Crippen molar-refractivity contribution in [2.75, 3.05) is 12.9 Å². The second-order valence-electron chi connectivity index (χ2n) is 4.35. The monoisotopic (exact) mass is 339 g/mol. The first-order chi connectivity index (χ1) is 7.73. The molecule has 1 rings (SSSR count). The summed E-state index contributed by atoms with van der Waals surface area (Å²) in [4.78, 5) is 0.251. The van der Waals surface area contributed by atoms with E-state index in [4.69, 9.17) is 11.6 Å². The van der Waals surface area contributed by atoms with Gasteiger partial charge in [-0.15, -0.1) is 11.6 Å². The maximum Gasteiger partial charge on any atom is 0.244 e. The fourth-order valence-electron chi connectivity index (χ4n) is 1.21. The Morgan fingerprint density at radius 3 is 2.35 bits per heavy atom. The molecule has 6 heteroatoms. The molecule has 0 N–H and O–H groups in total. The van der Waals surface area contributed by atoms with Gasteiger partial charge in [0, 0.05) is 22.9 Å². The van der Waals surface area contributed by atoms with Crippen LogP contribution in [0.1, 0.15) is 13.8 Å². The van der Waals surface area contributed by atoms with Crippen LogP contribution in [0.3, 0.4) is 0 Å². The molecule has 0 heterocycles. The van der Waals surface area contributed by atoms with Crippen molar-refractivity contribution in [2.45, 2.75) is 24.3 Å². The van der Waals surface area contributed by atoms with Gasteiger partial charge in [0.25, 0.3) is 0 Å². The van der Waals surface area contributed by atoms with Gasteiger partial charge in [-0.1, -0.05) is 12.1 Å². The third-order valence-corrected chi connectivity index (χ3v) is 6.39. The minimum atomic E-state index is -3.54. The Balaban J connectivity index is 3.26. The normalized spacial score (nSPS) is 13.1. The van der Waals surface area contributed by atoms with E-state index < -0.39 is 15.6 Å². The molecule has 0 aromatic heterocycles. The van der Waals surface area contributed by atoms with Crippen LogP contribution >= 0.6 is 27.5 Å². The molecule has 1 aromatic rings. The Morgan fingerprint density at radius 1 is 1.35 bits per heavy atom. The smallest absolute Gasteiger partial charge is 0.207 e. The Bertz CT molecular complexity index is 502. The highest BCUT2D eigenvalue weighted by molar-refractivity contribution is 9.10. The number of alkyl halides is 1. The molecule has 0 saturated heterocycles. The van der Waals surface area contributed by atoms with E-state index in [9.17, 15) is 8.42 Å². The first-order valence-electron chi connectivity index (χ1n) is 5.03. The Hall–Kier alpha value is -0.100. The molecular weight excluding hydrogens is 326 g/mol. The van der Waals surface area contributed by atoms with Crippen molar-refractivity contribution in [2.24, 2.45) is 0 Å². The van der Waals surface area contributed by atoms with E-state index in [1.54, 1.807) is 38.1 Å². The van der Waals surface area contributed by atoms with Crippen LogP contribution in [-0.2, 0) is 10.0 Å². The van der Waals surface area contributed by atoms with Gasteiger partial charge in [0.15, 0.2) is 0 Å². The zero-order valence-corrected chi connectivity index (χ0v) is 13.1. The van der Waals surface area contributed by atoms with Gasteiger partial charge in [-0.05, 0) is 41.9 Å². The van der Waals surface area contributed by atoms with Crippen molar-refractivity contribution in [1.82, 2.24) is 4.31 Å². The zero-order valence-electron chi connectivity index (χ0n) is 9.94. The highest BCUT2D eigenvalue weighted by atomic mass is 79.9. The van der Waals surface area contributed by atoms with Crippen molar-refractivity contribution in [3.63, 3.8) is 0 Å². The van der Waals surface area contributed by atoms with Gasteiger partial charge < -0.3 is 0 Å². The molecule has 0 atom stereocenters. The number of nitrogens with zero attached hydrogens (tertiary/aromatic N) is 1. The minimum absolute atomic E-state index is 0.229. The molecule has 0 aliphatic carbocycles. The fourth-order valence-corrected chi connectivity index (χ4v) is 3.93. The number of rotatable bonds is 4. The first-order valence-corrected chi connectivity index (χ1v) is 7.80. The maximum atomic E-state index is 12.4. The predicted octanol–water partition coefficient (Wildman–Crippen LogP) is 3.09. The molecule has 17 heavy (non-hydrogen) atoms. The van der Waals surface area contributed by atoms with Crippen molar-refractivity contribution in [3.05, 3.63) is 28.7 Å². The van der Waals surface area contributed by atoms with E-state index in [-0.39, 0.29) is 10.8 Å². The van der Waals surface area contributed by atoms with Gasteiger partial charge in [-0.25, -0.2) is 8.42 Å². The van der Waals surface area contributed by atoms with E-state index in [1.165, 1.54) is 11.4 Å². The molecule has 0 saturated carbocycles. The average molecular weight is 341 g/mol. The number of hydrogen-bond donors (Lipinski definition) is 0. The molecule has 1 aromatic carbocycles. The lowest BCUT2D eigenvalue weighted by Gasteiger charge is -2.32. The number of sulfonamides is 1. The summed E-state index contributed by atoms with van der Waals surface area (Å²) in [5, 5.41) is 0. The number of hydrogen-bond acceptors (Lipinski definition) is 2. The first kappa shape index (κ1) is 15.0. The van der Waals surface area contributed by atoms with E-state index in [2.05, 4.69) is 15.9 Å². The SMILES string of the molecule is CN(C(C)(C)CCl)S(=O)(=O)c1ccccc1Br. The summed E-state index contributed by atoms with van der Waals surface area (Å²) in [5.74, 6) is 0.229. The van der Waals surface area contributed by atoms with Crippen molar-refractivity contribution in [1.29, 1.82) is 0 Å². The van der Waals surface area contributed by atoms with Crippen molar-refractivity contribution in [3.8, 4) is 0 Å². The van der Waals surface area contributed by atoms with E-state index in [0.717, 1.165) is 0 Å². The van der Waals surface area contributed by atoms with Crippen LogP contribution in [0.2, 0.25) is 0 Å². The van der Waals surface area contributed by atoms with Crippen LogP contribution in [0.5, 0.6) is 0 Å². The average Bonchev–Trinajstić information content (AvgIpc) is 2.28. The van der Waals surface area contributed by atoms with Crippen LogP contribution in [0.4, 0.5) is 0 Å². The van der Waals surface area contributed by atoms with Gasteiger partial charge in [0.05, 0.1) is 4.90 Å². The molecule has 0 amide bonds. The van der Waals surface area contributed by atoms with Crippen molar-refractivity contribution >= 4 is 37.6 Å². The highest BCUT2D eigenvalue weighted by Gasteiger charge is 2.34. The Labute approximate surface area is 116 Å². The molecule has 3 nitrogen and oxygen atoms in total. The van der Waals surface area contributed by atoms with Crippen LogP contribution < -0.4 is 0 Å². The predicted molar refractivity (Wildman–Crippen MR) is 73.9 cm³/mol.